The zero-order valence-corrected chi connectivity index (χ0v) is 10.4. The van der Waals surface area contributed by atoms with Crippen molar-refractivity contribution in [2.45, 2.75) is 32.2 Å². The maximum Gasteiger partial charge on any atom is 0.264 e. The number of hydrogen-bond acceptors (Lipinski definition) is 5. The Kier molecular flexibility index (Phi) is 4.76. The van der Waals surface area contributed by atoms with E-state index in [1.165, 1.54) is 6.20 Å². The molecule has 0 aliphatic carbocycles. The van der Waals surface area contributed by atoms with Gasteiger partial charge in [-0.3, -0.25) is 4.55 Å². The smallest absolute Gasteiger partial charge is 0.264 e. The molecule has 0 aliphatic heterocycles. The molecule has 0 saturated heterocycles. The molecule has 1 rings (SSSR count). The molecule has 1 aromatic heterocycles. The molecule has 0 amide bonds. The van der Waals surface area contributed by atoms with Crippen LogP contribution >= 0.6 is 0 Å². The standard InChI is InChI=1S/C9H18N4O3S/c10-8-7-12-13(9(8)11)5-3-1-2-4-6-17(14,15)16/h7H,1-6,10-11H2,(H,14,15,16). The van der Waals surface area contributed by atoms with Crippen LogP contribution in [0.2, 0.25) is 0 Å². The summed E-state index contributed by atoms with van der Waals surface area (Å²) in [6.45, 7) is 0.662. The fraction of sp³-hybridized carbons (Fsp3) is 0.667. The summed E-state index contributed by atoms with van der Waals surface area (Å²) < 4.78 is 31.0. The van der Waals surface area contributed by atoms with Crippen molar-refractivity contribution < 1.29 is 13.0 Å². The van der Waals surface area contributed by atoms with E-state index in [-0.39, 0.29) is 5.75 Å². The van der Waals surface area contributed by atoms with Gasteiger partial charge in [0.1, 0.15) is 5.82 Å². The Morgan fingerprint density at radius 1 is 1.24 bits per heavy atom. The summed E-state index contributed by atoms with van der Waals surface area (Å²) in [5.41, 5.74) is 11.7. The minimum atomic E-state index is -3.82. The minimum absolute atomic E-state index is 0.177. The maximum atomic E-state index is 10.4. The summed E-state index contributed by atoms with van der Waals surface area (Å²) in [5.74, 6) is 0.284. The average Bonchev–Trinajstić information content (AvgIpc) is 2.53. The molecule has 0 saturated carbocycles. The Balaban J connectivity index is 2.15. The van der Waals surface area contributed by atoms with Crippen molar-refractivity contribution in [1.82, 2.24) is 9.78 Å². The highest BCUT2D eigenvalue weighted by Crippen LogP contribution is 2.13. The fourth-order valence-electron chi connectivity index (χ4n) is 1.49. The molecular weight excluding hydrogens is 244 g/mol. The molecule has 17 heavy (non-hydrogen) atoms. The Bertz CT molecular complexity index is 455. The number of aryl methyl sites for hydroxylation is 1. The number of nitrogens with two attached hydrogens (primary N) is 2. The minimum Gasteiger partial charge on any atom is -0.394 e. The van der Waals surface area contributed by atoms with Crippen molar-refractivity contribution in [3.8, 4) is 0 Å². The van der Waals surface area contributed by atoms with Gasteiger partial charge < -0.3 is 11.5 Å². The molecule has 0 bridgehead atoms. The quantitative estimate of drug-likeness (QED) is 0.485. The first-order valence-electron chi connectivity index (χ1n) is 5.42. The lowest BCUT2D eigenvalue weighted by Gasteiger charge is -2.04. The van der Waals surface area contributed by atoms with E-state index in [0.717, 1.165) is 19.3 Å². The SMILES string of the molecule is Nc1cnn(CCCCCCS(=O)(=O)O)c1N. The molecule has 0 aromatic carbocycles. The van der Waals surface area contributed by atoms with Crippen LogP contribution in [0.3, 0.4) is 0 Å². The van der Waals surface area contributed by atoms with Gasteiger partial charge in [-0.05, 0) is 12.8 Å². The van der Waals surface area contributed by atoms with Gasteiger partial charge in [0.15, 0.2) is 0 Å². The van der Waals surface area contributed by atoms with E-state index in [9.17, 15) is 8.42 Å². The summed E-state index contributed by atoms with van der Waals surface area (Å²) in [6.07, 6.45) is 4.42. The van der Waals surface area contributed by atoms with Crippen molar-refractivity contribution in [2.75, 3.05) is 17.2 Å². The third-order valence-electron chi connectivity index (χ3n) is 2.43. The van der Waals surface area contributed by atoms with E-state index in [1.54, 1.807) is 4.68 Å². The lowest BCUT2D eigenvalue weighted by atomic mass is 10.2. The van der Waals surface area contributed by atoms with Crippen LogP contribution < -0.4 is 11.5 Å². The molecule has 5 N–H and O–H groups in total. The highest BCUT2D eigenvalue weighted by atomic mass is 32.2. The second kappa shape index (κ2) is 5.87. The van der Waals surface area contributed by atoms with Crippen LogP contribution in [0.25, 0.3) is 0 Å². The normalized spacial score (nSPS) is 11.8. The molecule has 0 spiro atoms. The Hall–Kier alpha value is -1.28. The number of nitrogens with zero attached hydrogens (tertiary/aromatic N) is 2. The molecule has 7 nitrogen and oxygen atoms in total. The number of hydrogen-bond donors (Lipinski definition) is 3. The fourth-order valence-corrected chi connectivity index (χ4v) is 2.06. The Labute approximate surface area is 101 Å². The summed E-state index contributed by atoms with van der Waals surface area (Å²) in [7, 11) is -3.82. The van der Waals surface area contributed by atoms with Gasteiger partial charge in [0, 0.05) is 6.54 Å². The first-order chi connectivity index (χ1) is 7.90. The molecule has 1 heterocycles. The van der Waals surface area contributed by atoms with Crippen LogP contribution in [0.4, 0.5) is 11.5 Å². The van der Waals surface area contributed by atoms with E-state index < -0.39 is 10.1 Å². The Morgan fingerprint density at radius 2 is 1.88 bits per heavy atom. The highest BCUT2D eigenvalue weighted by molar-refractivity contribution is 7.85. The van der Waals surface area contributed by atoms with Crippen molar-refractivity contribution >= 4 is 21.6 Å². The van der Waals surface area contributed by atoms with Gasteiger partial charge in [-0.1, -0.05) is 12.8 Å². The monoisotopic (exact) mass is 262 g/mol. The lowest BCUT2D eigenvalue weighted by Crippen LogP contribution is -2.06. The van der Waals surface area contributed by atoms with Gasteiger partial charge in [-0.2, -0.15) is 13.5 Å². The van der Waals surface area contributed by atoms with E-state index in [0.29, 0.717) is 24.5 Å². The van der Waals surface area contributed by atoms with Crippen LogP contribution in [0.15, 0.2) is 6.20 Å². The van der Waals surface area contributed by atoms with Gasteiger partial charge in [0.2, 0.25) is 0 Å². The van der Waals surface area contributed by atoms with E-state index in [1.807, 2.05) is 0 Å². The number of nitrogen functional groups attached to an aromatic ring is 2. The molecule has 0 atom stereocenters. The summed E-state index contributed by atoms with van der Waals surface area (Å²) in [4.78, 5) is 0. The average molecular weight is 262 g/mol. The topological polar surface area (TPSA) is 124 Å². The van der Waals surface area contributed by atoms with Crippen LogP contribution in [0.1, 0.15) is 25.7 Å². The predicted octanol–water partition coefficient (Wildman–Crippen LogP) is 0.496. The number of rotatable bonds is 7. The second-order valence-corrected chi connectivity index (χ2v) is 5.48. The van der Waals surface area contributed by atoms with Crippen LogP contribution in [-0.4, -0.2) is 28.5 Å². The maximum absolute atomic E-state index is 10.4. The number of unbranched alkanes of at least 4 members (excludes halogenated alkanes) is 3. The van der Waals surface area contributed by atoms with Gasteiger partial charge in [0.05, 0.1) is 17.6 Å². The van der Waals surface area contributed by atoms with Gasteiger partial charge >= 0.3 is 0 Å². The lowest BCUT2D eigenvalue weighted by molar-refractivity contribution is 0.477. The van der Waals surface area contributed by atoms with Crippen LogP contribution in [0.5, 0.6) is 0 Å². The molecular formula is C9H18N4O3S. The van der Waals surface area contributed by atoms with Gasteiger partial charge in [-0.25, -0.2) is 4.68 Å². The third-order valence-corrected chi connectivity index (χ3v) is 3.24. The molecule has 0 fully saturated rings. The van der Waals surface area contributed by atoms with E-state index in [4.69, 9.17) is 16.0 Å². The summed E-state index contributed by atoms with van der Waals surface area (Å²) >= 11 is 0. The Morgan fingerprint density at radius 3 is 2.41 bits per heavy atom. The van der Waals surface area contributed by atoms with Crippen molar-refractivity contribution in [3.05, 3.63) is 6.20 Å². The third kappa shape index (κ3) is 5.05. The van der Waals surface area contributed by atoms with Crippen LogP contribution in [-0.2, 0) is 16.7 Å². The summed E-state index contributed by atoms with van der Waals surface area (Å²) in [6, 6.07) is 0. The zero-order chi connectivity index (χ0) is 12.9. The van der Waals surface area contributed by atoms with Crippen molar-refractivity contribution in [2.24, 2.45) is 0 Å². The molecule has 1 aromatic rings. The molecule has 0 aliphatic rings. The highest BCUT2D eigenvalue weighted by Gasteiger charge is 2.05. The number of anilines is 2. The number of aromatic nitrogens is 2. The first-order valence-corrected chi connectivity index (χ1v) is 7.03. The largest absolute Gasteiger partial charge is 0.394 e. The van der Waals surface area contributed by atoms with Crippen LogP contribution in [0, 0.1) is 0 Å². The van der Waals surface area contributed by atoms with E-state index >= 15 is 0 Å². The predicted molar refractivity (Wildman–Crippen MR) is 65.9 cm³/mol. The first kappa shape index (κ1) is 13.8. The molecule has 8 heteroatoms. The molecule has 98 valence electrons. The molecule has 0 radical (unpaired) electrons. The second-order valence-electron chi connectivity index (χ2n) is 3.91. The van der Waals surface area contributed by atoms with Gasteiger partial charge in [0.25, 0.3) is 10.1 Å². The van der Waals surface area contributed by atoms with Crippen molar-refractivity contribution in [1.29, 1.82) is 0 Å². The summed E-state index contributed by atoms with van der Waals surface area (Å²) in [5, 5.41) is 4.00. The molecule has 0 unspecified atom stereocenters. The zero-order valence-electron chi connectivity index (χ0n) is 9.54. The van der Waals surface area contributed by atoms with Crippen molar-refractivity contribution in [3.63, 3.8) is 0 Å². The van der Waals surface area contributed by atoms with E-state index in [2.05, 4.69) is 5.10 Å². The van der Waals surface area contributed by atoms with Gasteiger partial charge in [-0.15, -0.1) is 0 Å².